The first-order valence-electron chi connectivity index (χ1n) is 10.7. The summed E-state index contributed by atoms with van der Waals surface area (Å²) in [5.41, 5.74) is 2.64. The Morgan fingerprint density at radius 2 is 1.88 bits per heavy atom. The summed E-state index contributed by atoms with van der Waals surface area (Å²) < 4.78 is 31.1. The maximum atomic E-state index is 13.7. The number of nitrogens with zero attached hydrogens (tertiary/aromatic N) is 3. The highest BCUT2D eigenvalue weighted by Crippen LogP contribution is 2.29. The van der Waals surface area contributed by atoms with Crippen LogP contribution in [0, 0.1) is 0 Å². The molecule has 3 aromatic rings. The average Bonchev–Trinajstić information content (AvgIpc) is 3.41. The number of aromatic nitrogens is 2. The third kappa shape index (κ3) is 4.55. The van der Waals surface area contributed by atoms with E-state index in [0.717, 1.165) is 17.7 Å². The van der Waals surface area contributed by atoms with Crippen molar-refractivity contribution in [1.82, 2.24) is 14.7 Å². The van der Waals surface area contributed by atoms with Crippen LogP contribution in [0.1, 0.15) is 30.1 Å². The van der Waals surface area contributed by atoms with Crippen LogP contribution >= 0.6 is 0 Å². The largest absolute Gasteiger partial charge is 0.497 e. The Bertz CT molecular complexity index is 1190. The van der Waals surface area contributed by atoms with Crippen molar-refractivity contribution >= 4 is 15.7 Å². The molecule has 1 aliphatic rings. The number of rotatable bonds is 7. The second-order valence-electron chi connectivity index (χ2n) is 7.96. The van der Waals surface area contributed by atoms with E-state index in [-0.39, 0.29) is 23.5 Å². The van der Waals surface area contributed by atoms with Crippen molar-refractivity contribution in [1.29, 1.82) is 0 Å². The van der Waals surface area contributed by atoms with Gasteiger partial charge in [0.05, 0.1) is 29.9 Å². The van der Waals surface area contributed by atoms with Crippen LogP contribution in [0.25, 0.3) is 16.9 Å². The topological polar surface area (TPSA) is 81.5 Å². The van der Waals surface area contributed by atoms with Gasteiger partial charge < -0.3 is 9.64 Å². The number of hydrogen-bond acceptors (Lipinski definition) is 5. The lowest BCUT2D eigenvalue weighted by molar-refractivity contribution is 0.0698. The van der Waals surface area contributed by atoms with Gasteiger partial charge in [0.25, 0.3) is 5.91 Å². The standard InChI is InChI=1S/C24H27N3O4S/c1-3-14-26(20-13-15-32(29,30)17-20)24(28)22-16-27(19-7-5-4-6-8-19)25-23(22)18-9-11-21(31-2)12-10-18/h4-12,16,20H,3,13-15,17H2,1-2H3/t20-/m0/s1. The second-order valence-corrected chi connectivity index (χ2v) is 10.2. The van der Waals surface area contributed by atoms with Gasteiger partial charge >= 0.3 is 0 Å². The lowest BCUT2D eigenvalue weighted by Gasteiger charge is -2.27. The summed E-state index contributed by atoms with van der Waals surface area (Å²) in [6.45, 7) is 2.49. The van der Waals surface area contributed by atoms with Crippen molar-refractivity contribution < 1.29 is 17.9 Å². The van der Waals surface area contributed by atoms with Crippen LogP contribution in [-0.4, -0.2) is 60.2 Å². The Hall–Kier alpha value is -3.13. The van der Waals surface area contributed by atoms with E-state index < -0.39 is 9.84 Å². The molecule has 32 heavy (non-hydrogen) atoms. The van der Waals surface area contributed by atoms with Crippen molar-refractivity contribution in [2.24, 2.45) is 0 Å². The molecule has 1 amide bonds. The van der Waals surface area contributed by atoms with Crippen LogP contribution < -0.4 is 4.74 Å². The Labute approximate surface area is 188 Å². The normalized spacial score (nSPS) is 17.2. The molecule has 1 aliphatic heterocycles. The van der Waals surface area contributed by atoms with Crippen LogP contribution in [0.4, 0.5) is 0 Å². The zero-order valence-corrected chi connectivity index (χ0v) is 19.1. The first-order chi connectivity index (χ1) is 15.4. The lowest BCUT2D eigenvalue weighted by atomic mass is 10.1. The van der Waals surface area contributed by atoms with Gasteiger partial charge in [0.15, 0.2) is 9.84 Å². The molecule has 0 bridgehead atoms. The summed E-state index contributed by atoms with van der Waals surface area (Å²) in [6.07, 6.45) is 2.95. The fourth-order valence-electron chi connectivity index (χ4n) is 4.07. The van der Waals surface area contributed by atoms with Crippen LogP contribution in [0.2, 0.25) is 0 Å². The molecule has 0 unspecified atom stereocenters. The first-order valence-corrected chi connectivity index (χ1v) is 12.5. The van der Waals surface area contributed by atoms with Gasteiger partial charge in [-0.2, -0.15) is 5.10 Å². The number of carbonyl (C=O) groups is 1. The summed E-state index contributed by atoms with van der Waals surface area (Å²) >= 11 is 0. The second kappa shape index (κ2) is 9.16. The third-order valence-electron chi connectivity index (χ3n) is 5.70. The zero-order chi connectivity index (χ0) is 22.7. The van der Waals surface area contributed by atoms with Crippen molar-refractivity contribution in [3.8, 4) is 22.7 Å². The SMILES string of the molecule is CCCN(C(=O)c1cn(-c2ccccc2)nc1-c1ccc(OC)cc1)[C@H]1CCS(=O)(=O)C1. The maximum Gasteiger partial charge on any atom is 0.257 e. The molecular weight excluding hydrogens is 426 g/mol. The van der Waals surface area contributed by atoms with Crippen molar-refractivity contribution in [3.05, 3.63) is 66.4 Å². The molecule has 7 nitrogen and oxygen atoms in total. The number of ether oxygens (including phenoxy) is 1. The molecule has 2 heterocycles. The summed E-state index contributed by atoms with van der Waals surface area (Å²) in [5.74, 6) is 0.665. The van der Waals surface area contributed by atoms with E-state index in [1.165, 1.54) is 0 Å². The zero-order valence-electron chi connectivity index (χ0n) is 18.3. The molecule has 0 N–H and O–H groups in total. The smallest absolute Gasteiger partial charge is 0.257 e. The summed E-state index contributed by atoms with van der Waals surface area (Å²) in [7, 11) is -1.51. The predicted molar refractivity (Wildman–Crippen MR) is 124 cm³/mol. The predicted octanol–water partition coefficient (Wildman–Crippen LogP) is 3.59. The molecule has 1 aromatic heterocycles. The molecule has 8 heteroatoms. The highest BCUT2D eigenvalue weighted by molar-refractivity contribution is 7.91. The van der Waals surface area contributed by atoms with Gasteiger partial charge in [0.2, 0.25) is 0 Å². The molecule has 0 spiro atoms. The summed E-state index contributed by atoms with van der Waals surface area (Å²) in [4.78, 5) is 15.5. The molecule has 0 aliphatic carbocycles. The van der Waals surface area contributed by atoms with Gasteiger partial charge in [-0.25, -0.2) is 13.1 Å². The van der Waals surface area contributed by atoms with Gasteiger partial charge in [0.1, 0.15) is 11.4 Å². The van der Waals surface area contributed by atoms with E-state index in [1.54, 1.807) is 22.9 Å². The third-order valence-corrected chi connectivity index (χ3v) is 7.45. The quantitative estimate of drug-likeness (QED) is 0.546. The van der Waals surface area contributed by atoms with Gasteiger partial charge in [-0.05, 0) is 49.2 Å². The molecule has 4 rings (SSSR count). The molecule has 1 fully saturated rings. The fourth-order valence-corrected chi connectivity index (χ4v) is 5.80. The van der Waals surface area contributed by atoms with E-state index in [2.05, 4.69) is 0 Å². The number of para-hydroxylation sites is 1. The van der Waals surface area contributed by atoms with Crippen molar-refractivity contribution in [2.75, 3.05) is 25.2 Å². The number of hydrogen-bond donors (Lipinski definition) is 0. The Morgan fingerprint density at radius 1 is 1.16 bits per heavy atom. The summed E-state index contributed by atoms with van der Waals surface area (Å²) in [6, 6.07) is 16.7. The monoisotopic (exact) mass is 453 g/mol. The highest BCUT2D eigenvalue weighted by Gasteiger charge is 2.36. The lowest BCUT2D eigenvalue weighted by Crippen LogP contribution is -2.41. The minimum atomic E-state index is -3.11. The Morgan fingerprint density at radius 3 is 2.47 bits per heavy atom. The van der Waals surface area contributed by atoms with Gasteiger partial charge in [0, 0.05) is 24.3 Å². The van der Waals surface area contributed by atoms with Crippen LogP contribution in [0.15, 0.2) is 60.8 Å². The van der Waals surface area contributed by atoms with Crippen LogP contribution in [0.3, 0.4) is 0 Å². The molecule has 1 atom stereocenters. The molecule has 168 valence electrons. The van der Waals surface area contributed by atoms with Crippen molar-refractivity contribution in [3.63, 3.8) is 0 Å². The molecular formula is C24H27N3O4S. The molecule has 1 saturated heterocycles. The van der Waals surface area contributed by atoms with E-state index in [4.69, 9.17) is 9.84 Å². The van der Waals surface area contributed by atoms with E-state index in [0.29, 0.717) is 30.0 Å². The summed E-state index contributed by atoms with van der Waals surface area (Å²) in [5, 5.41) is 4.74. The van der Waals surface area contributed by atoms with E-state index in [9.17, 15) is 13.2 Å². The Kier molecular flexibility index (Phi) is 6.32. The van der Waals surface area contributed by atoms with Gasteiger partial charge in [-0.3, -0.25) is 4.79 Å². The van der Waals surface area contributed by atoms with E-state index in [1.807, 2.05) is 61.5 Å². The highest BCUT2D eigenvalue weighted by atomic mass is 32.2. The van der Waals surface area contributed by atoms with E-state index >= 15 is 0 Å². The maximum absolute atomic E-state index is 13.7. The molecule has 0 radical (unpaired) electrons. The molecule has 2 aromatic carbocycles. The number of carbonyl (C=O) groups excluding carboxylic acids is 1. The number of methoxy groups -OCH3 is 1. The first kappa shape index (κ1) is 22.1. The number of amides is 1. The van der Waals surface area contributed by atoms with Gasteiger partial charge in [-0.15, -0.1) is 0 Å². The molecule has 0 saturated carbocycles. The number of benzene rings is 2. The van der Waals surface area contributed by atoms with Crippen molar-refractivity contribution in [2.45, 2.75) is 25.8 Å². The minimum absolute atomic E-state index is 0.0173. The minimum Gasteiger partial charge on any atom is -0.497 e. The number of sulfone groups is 1. The van der Waals surface area contributed by atoms with Crippen LogP contribution in [-0.2, 0) is 9.84 Å². The van der Waals surface area contributed by atoms with Gasteiger partial charge in [-0.1, -0.05) is 25.1 Å². The average molecular weight is 454 g/mol. The Balaban J connectivity index is 1.78. The fraction of sp³-hybridized carbons (Fsp3) is 0.333. The van der Waals surface area contributed by atoms with Crippen LogP contribution in [0.5, 0.6) is 5.75 Å².